The molecule has 0 saturated carbocycles. The number of H-pyrrole nitrogens is 1. The molecular weight excluding hydrogens is 226 g/mol. The minimum atomic E-state index is -0.0330. The van der Waals surface area contributed by atoms with Gasteiger partial charge in [-0.3, -0.25) is 4.79 Å². The number of hydrogen-bond donors (Lipinski definition) is 1. The first-order valence-corrected chi connectivity index (χ1v) is 6.10. The average molecular weight is 241 g/mol. The number of fused-ring (bicyclic) bond motifs is 1. The first kappa shape index (κ1) is 11.0. The topological polar surface area (TPSA) is 49.0 Å². The predicted octanol–water partition coefficient (Wildman–Crippen LogP) is 1.74. The van der Waals surface area contributed by atoms with Crippen molar-refractivity contribution in [3.8, 4) is 0 Å². The molecule has 1 aliphatic heterocycles. The number of aromatic nitrogens is 2. The fourth-order valence-electron chi connectivity index (χ4n) is 2.66. The molecule has 1 unspecified atom stereocenters. The molecule has 4 heteroatoms. The molecule has 1 aliphatic rings. The van der Waals surface area contributed by atoms with Gasteiger partial charge in [-0.1, -0.05) is 18.2 Å². The number of aromatic amines is 1. The molecule has 18 heavy (non-hydrogen) atoms. The highest BCUT2D eigenvalue weighted by atomic mass is 16.1. The van der Waals surface area contributed by atoms with Crippen LogP contribution in [0.15, 0.2) is 41.6 Å². The number of anilines is 1. The number of hydrogen-bond acceptors (Lipinski definition) is 3. The summed E-state index contributed by atoms with van der Waals surface area (Å²) in [7, 11) is 2.09. The third-order valence-electron chi connectivity index (χ3n) is 3.60. The summed E-state index contributed by atoms with van der Waals surface area (Å²) in [5.74, 6) is 0.148. The van der Waals surface area contributed by atoms with E-state index in [4.69, 9.17) is 0 Å². The highest BCUT2D eigenvalue weighted by molar-refractivity contribution is 5.58. The van der Waals surface area contributed by atoms with Crippen LogP contribution in [0.3, 0.4) is 0 Å². The largest absolute Gasteiger partial charge is 0.374 e. The Kier molecular flexibility index (Phi) is 2.63. The summed E-state index contributed by atoms with van der Waals surface area (Å²) in [6, 6.07) is 8.26. The number of rotatable bonds is 1. The van der Waals surface area contributed by atoms with Crippen LogP contribution < -0.4 is 10.5 Å². The van der Waals surface area contributed by atoms with E-state index in [-0.39, 0.29) is 11.5 Å². The number of nitrogens with one attached hydrogen (secondary N) is 1. The molecule has 0 fully saturated rings. The van der Waals surface area contributed by atoms with Crippen molar-refractivity contribution in [2.24, 2.45) is 0 Å². The summed E-state index contributed by atoms with van der Waals surface area (Å²) in [6.07, 6.45) is 4.07. The molecule has 2 aromatic rings. The molecule has 1 atom stereocenters. The van der Waals surface area contributed by atoms with Crippen molar-refractivity contribution in [1.82, 2.24) is 9.97 Å². The quantitative estimate of drug-likeness (QED) is 0.827. The van der Waals surface area contributed by atoms with Crippen molar-refractivity contribution >= 4 is 5.69 Å². The van der Waals surface area contributed by atoms with E-state index < -0.39 is 0 Å². The molecule has 92 valence electrons. The van der Waals surface area contributed by atoms with Crippen molar-refractivity contribution < 1.29 is 0 Å². The van der Waals surface area contributed by atoms with Gasteiger partial charge in [0, 0.05) is 37.0 Å². The van der Waals surface area contributed by atoms with Crippen LogP contribution in [-0.2, 0) is 0 Å². The minimum absolute atomic E-state index is 0.0330. The molecule has 2 heterocycles. The standard InChI is InChI=1S/C14H15N3O/c1-17-7-6-10(11-4-2-3-5-13(11)17)12-8-15-9-16-14(12)18/h2-5,8-10H,6-7H2,1H3,(H,15,16,18). The van der Waals surface area contributed by atoms with Gasteiger partial charge in [-0.15, -0.1) is 0 Å². The smallest absolute Gasteiger partial charge is 0.254 e. The summed E-state index contributed by atoms with van der Waals surface area (Å²) in [5, 5.41) is 0. The third kappa shape index (κ3) is 1.70. The van der Waals surface area contributed by atoms with Crippen molar-refractivity contribution in [3.63, 3.8) is 0 Å². The van der Waals surface area contributed by atoms with Crippen molar-refractivity contribution in [1.29, 1.82) is 0 Å². The van der Waals surface area contributed by atoms with Crippen molar-refractivity contribution in [2.45, 2.75) is 12.3 Å². The minimum Gasteiger partial charge on any atom is -0.374 e. The van der Waals surface area contributed by atoms with Gasteiger partial charge in [-0.05, 0) is 18.1 Å². The first-order chi connectivity index (χ1) is 8.77. The van der Waals surface area contributed by atoms with Gasteiger partial charge in [0.15, 0.2) is 0 Å². The molecular formula is C14H15N3O. The van der Waals surface area contributed by atoms with Gasteiger partial charge in [-0.25, -0.2) is 4.98 Å². The number of benzene rings is 1. The zero-order valence-electron chi connectivity index (χ0n) is 10.3. The Morgan fingerprint density at radius 1 is 1.33 bits per heavy atom. The van der Waals surface area contributed by atoms with E-state index in [1.54, 1.807) is 6.20 Å². The maximum Gasteiger partial charge on any atom is 0.254 e. The van der Waals surface area contributed by atoms with E-state index in [0.717, 1.165) is 18.5 Å². The Morgan fingerprint density at radius 2 is 2.17 bits per heavy atom. The lowest BCUT2D eigenvalue weighted by atomic mass is 9.86. The number of para-hydroxylation sites is 1. The summed E-state index contributed by atoms with van der Waals surface area (Å²) in [5.41, 5.74) is 3.15. The van der Waals surface area contributed by atoms with E-state index in [1.165, 1.54) is 17.6 Å². The maximum atomic E-state index is 11.9. The van der Waals surface area contributed by atoms with Crippen LogP contribution >= 0.6 is 0 Å². The molecule has 0 spiro atoms. The monoisotopic (exact) mass is 241 g/mol. The lowest BCUT2D eigenvalue weighted by molar-refractivity contribution is 0.657. The van der Waals surface area contributed by atoms with Gasteiger partial charge in [-0.2, -0.15) is 0 Å². The lowest BCUT2D eigenvalue weighted by Gasteiger charge is -2.32. The Hall–Kier alpha value is -2.10. The highest BCUT2D eigenvalue weighted by Gasteiger charge is 2.25. The fraction of sp³-hybridized carbons (Fsp3) is 0.286. The van der Waals surface area contributed by atoms with Crippen molar-refractivity contribution in [2.75, 3.05) is 18.5 Å². The van der Waals surface area contributed by atoms with E-state index in [0.29, 0.717) is 0 Å². The van der Waals surface area contributed by atoms with Crippen molar-refractivity contribution in [3.05, 3.63) is 58.3 Å². The molecule has 0 bridgehead atoms. The van der Waals surface area contributed by atoms with Gasteiger partial charge in [0.25, 0.3) is 5.56 Å². The summed E-state index contributed by atoms with van der Waals surface area (Å²) in [6.45, 7) is 0.954. The molecule has 0 aliphatic carbocycles. The van der Waals surface area contributed by atoms with Gasteiger partial charge >= 0.3 is 0 Å². The van der Waals surface area contributed by atoms with E-state index in [9.17, 15) is 4.79 Å². The normalized spacial score (nSPS) is 18.5. The Morgan fingerprint density at radius 3 is 3.00 bits per heavy atom. The zero-order valence-corrected chi connectivity index (χ0v) is 10.3. The fourth-order valence-corrected chi connectivity index (χ4v) is 2.66. The average Bonchev–Trinajstić information content (AvgIpc) is 2.41. The highest BCUT2D eigenvalue weighted by Crippen LogP contribution is 2.36. The zero-order chi connectivity index (χ0) is 12.5. The maximum absolute atomic E-state index is 11.9. The van der Waals surface area contributed by atoms with Crippen LogP contribution in [0, 0.1) is 0 Å². The second-order valence-electron chi connectivity index (χ2n) is 4.66. The van der Waals surface area contributed by atoms with Crippen LogP contribution in [0.1, 0.15) is 23.5 Å². The molecule has 0 saturated heterocycles. The Labute approximate surface area is 105 Å². The molecule has 4 nitrogen and oxygen atoms in total. The van der Waals surface area contributed by atoms with E-state index in [1.807, 2.05) is 12.1 Å². The molecule has 1 N–H and O–H groups in total. The van der Waals surface area contributed by atoms with Crippen LogP contribution in [-0.4, -0.2) is 23.6 Å². The summed E-state index contributed by atoms with van der Waals surface area (Å²) in [4.78, 5) is 20.8. The molecule has 0 amide bonds. The molecule has 1 aromatic carbocycles. The molecule has 3 rings (SSSR count). The van der Waals surface area contributed by atoms with E-state index in [2.05, 4.69) is 34.0 Å². The van der Waals surface area contributed by atoms with Crippen LogP contribution in [0.5, 0.6) is 0 Å². The lowest BCUT2D eigenvalue weighted by Crippen LogP contribution is -2.30. The van der Waals surface area contributed by atoms with Crippen LogP contribution in [0.2, 0.25) is 0 Å². The second-order valence-corrected chi connectivity index (χ2v) is 4.66. The molecule has 0 radical (unpaired) electrons. The Balaban J connectivity index is 2.14. The van der Waals surface area contributed by atoms with Gasteiger partial charge in [0.05, 0.1) is 6.33 Å². The van der Waals surface area contributed by atoms with E-state index >= 15 is 0 Å². The third-order valence-corrected chi connectivity index (χ3v) is 3.60. The van der Waals surface area contributed by atoms with Crippen LogP contribution in [0.25, 0.3) is 0 Å². The summed E-state index contributed by atoms with van der Waals surface area (Å²) < 4.78 is 0. The second kappa shape index (κ2) is 4.29. The molecule has 1 aromatic heterocycles. The first-order valence-electron chi connectivity index (χ1n) is 6.10. The predicted molar refractivity (Wildman–Crippen MR) is 71.0 cm³/mol. The van der Waals surface area contributed by atoms with Gasteiger partial charge in [0.1, 0.15) is 0 Å². The Bertz CT molecular complexity index is 620. The van der Waals surface area contributed by atoms with Gasteiger partial charge in [0.2, 0.25) is 0 Å². The summed E-state index contributed by atoms with van der Waals surface area (Å²) >= 11 is 0. The van der Waals surface area contributed by atoms with Crippen LogP contribution in [0.4, 0.5) is 5.69 Å². The SMILES string of the molecule is CN1CCC(c2cnc[nH]c2=O)c2ccccc21. The van der Waals surface area contributed by atoms with Gasteiger partial charge < -0.3 is 9.88 Å². The number of nitrogens with zero attached hydrogens (tertiary/aromatic N) is 2.